The molecule has 2 heterocycles. The van der Waals surface area contributed by atoms with Gasteiger partial charge in [-0.05, 0) is 115 Å². The molecule has 2 aliphatic rings. The number of aliphatic imine (C=N–C) groups is 2. The van der Waals surface area contributed by atoms with Crippen molar-refractivity contribution in [2.24, 2.45) is 15.7 Å². The number of nitrogens with two attached hydrogens (primary N) is 1. The molecule has 4 aromatic carbocycles. The molecule has 0 aliphatic carbocycles. The third-order valence-electron chi connectivity index (χ3n) is 8.27. The van der Waals surface area contributed by atoms with Crippen molar-refractivity contribution in [2.75, 3.05) is 26.2 Å². The highest BCUT2D eigenvalue weighted by molar-refractivity contribution is 9.10. The summed E-state index contributed by atoms with van der Waals surface area (Å²) in [6.45, 7) is 2.30. The molecule has 2 unspecified atom stereocenters. The smallest absolute Gasteiger partial charge is 0.406 e. The van der Waals surface area contributed by atoms with Crippen LogP contribution in [0.1, 0.15) is 35.1 Å². The zero-order valence-electron chi connectivity index (χ0n) is 27.8. The first kappa shape index (κ1) is 40.9. The fourth-order valence-electron chi connectivity index (χ4n) is 5.73. The van der Waals surface area contributed by atoms with Crippen molar-refractivity contribution in [1.82, 2.24) is 10.6 Å². The molecule has 5 N–H and O–H groups in total. The van der Waals surface area contributed by atoms with E-state index >= 15 is 0 Å². The summed E-state index contributed by atoms with van der Waals surface area (Å²) in [4.78, 5) is 8.77. The quantitative estimate of drug-likeness (QED) is 0.133. The fraction of sp³-hybridized carbons (Fsp3) is 0.278. The van der Waals surface area contributed by atoms with Gasteiger partial charge in [0.05, 0.1) is 8.95 Å². The van der Waals surface area contributed by atoms with E-state index in [4.69, 9.17) is 5.73 Å². The molecule has 0 saturated carbocycles. The monoisotopic (exact) mass is 891 g/mol. The second kappa shape index (κ2) is 16.6. The molecular weight excluding hydrogens is 862 g/mol. The molecule has 0 bridgehead atoms. The van der Waals surface area contributed by atoms with E-state index in [0.29, 0.717) is 48.7 Å². The summed E-state index contributed by atoms with van der Waals surface area (Å²) in [5.41, 5.74) is 5.25. The van der Waals surface area contributed by atoms with E-state index < -0.39 is 41.2 Å². The topological polar surface area (TPSA) is 113 Å². The van der Waals surface area contributed by atoms with E-state index in [2.05, 4.69) is 62.0 Å². The number of aliphatic hydroxyl groups is 1. The zero-order chi connectivity index (χ0) is 39.3. The van der Waals surface area contributed by atoms with Gasteiger partial charge in [-0.1, -0.05) is 36.4 Å². The van der Waals surface area contributed by atoms with E-state index in [1.54, 1.807) is 0 Å². The Kier molecular flexibility index (Phi) is 12.6. The van der Waals surface area contributed by atoms with Crippen LogP contribution in [0.2, 0.25) is 0 Å². The number of hydrogen-bond donors (Lipinski definition) is 4. The van der Waals surface area contributed by atoms with E-state index in [1.807, 2.05) is 0 Å². The number of nitrogens with zero attached hydrogens (tertiary/aromatic N) is 2. The van der Waals surface area contributed by atoms with E-state index in [1.165, 1.54) is 72.8 Å². The van der Waals surface area contributed by atoms with Gasteiger partial charge in [-0.25, -0.2) is 8.78 Å². The van der Waals surface area contributed by atoms with Crippen LogP contribution in [0.5, 0.6) is 11.5 Å². The van der Waals surface area contributed by atoms with Crippen LogP contribution in [-0.4, -0.2) is 55.7 Å². The summed E-state index contributed by atoms with van der Waals surface area (Å²) in [5.74, 6) is -1.00. The predicted molar refractivity (Wildman–Crippen MR) is 192 cm³/mol. The third kappa shape index (κ3) is 9.69. The van der Waals surface area contributed by atoms with E-state index in [0.717, 1.165) is 25.0 Å². The Morgan fingerprint density at radius 2 is 1.00 bits per heavy atom. The van der Waals surface area contributed by atoms with Crippen LogP contribution in [0, 0.1) is 11.6 Å². The summed E-state index contributed by atoms with van der Waals surface area (Å²) in [6.07, 6.45) is -7.97. The molecule has 0 spiro atoms. The second-order valence-corrected chi connectivity index (χ2v) is 13.7. The molecule has 54 heavy (non-hydrogen) atoms. The van der Waals surface area contributed by atoms with Crippen LogP contribution >= 0.6 is 31.9 Å². The standard InChI is InChI=1S/C18H16BrF4N3O.C18H15BrF4N2O2/c19-14-10-12(4-7-15(14)20)17(24,16-25-8-1-9-26-16)11-2-5-13(6-3-11)27-18(21,22)23;19-14-10-12(4-7-15(14)20)17(26,16-24-8-1-9-25-16)11-2-5-13(6-3-11)27-18(21,22)23/h2-7,10H,1,8-9,24H2,(H,25,26);2-7,10,26H,1,8-9H2,(H,24,25). The van der Waals surface area contributed by atoms with Gasteiger partial charge in [-0.2, -0.15) is 0 Å². The minimum absolute atomic E-state index is 0.145. The minimum Gasteiger partial charge on any atom is -0.406 e. The van der Waals surface area contributed by atoms with Gasteiger partial charge in [-0.15, -0.1) is 26.3 Å². The second-order valence-electron chi connectivity index (χ2n) is 11.9. The van der Waals surface area contributed by atoms with Crippen LogP contribution in [0.3, 0.4) is 0 Å². The van der Waals surface area contributed by atoms with Crippen LogP contribution in [0.15, 0.2) is 104 Å². The summed E-state index contributed by atoms with van der Waals surface area (Å²) < 4.78 is 110. The van der Waals surface area contributed by atoms with Crippen molar-refractivity contribution in [3.05, 3.63) is 128 Å². The zero-order valence-corrected chi connectivity index (χ0v) is 31.0. The third-order valence-corrected chi connectivity index (χ3v) is 9.49. The molecule has 0 aromatic heterocycles. The summed E-state index contributed by atoms with van der Waals surface area (Å²) in [5, 5.41) is 17.7. The lowest BCUT2D eigenvalue weighted by atomic mass is 9.82. The molecule has 2 atom stereocenters. The average Bonchev–Trinajstić information content (AvgIpc) is 3.13. The maximum atomic E-state index is 13.7. The number of ether oxygens (including phenoxy) is 2. The lowest BCUT2D eigenvalue weighted by Crippen LogP contribution is -2.53. The lowest BCUT2D eigenvalue weighted by Gasteiger charge is -2.34. The Morgan fingerprint density at radius 1 is 0.593 bits per heavy atom. The van der Waals surface area contributed by atoms with Crippen molar-refractivity contribution in [3.63, 3.8) is 0 Å². The van der Waals surface area contributed by atoms with Crippen LogP contribution in [0.25, 0.3) is 0 Å². The van der Waals surface area contributed by atoms with Crippen LogP contribution in [-0.2, 0) is 11.1 Å². The van der Waals surface area contributed by atoms with Gasteiger partial charge in [0.1, 0.15) is 40.3 Å². The fourth-order valence-corrected chi connectivity index (χ4v) is 6.49. The highest BCUT2D eigenvalue weighted by Gasteiger charge is 2.40. The van der Waals surface area contributed by atoms with Gasteiger partial charge in [0, 0.05) is 26.2 Å². The molecule has 0 fully saturated rings. The number of alkyl halides is 6. The average molecular weight is 893 g/mol. The molecule has 18 heteroatoms. The number of benzene rings is 4. The first-order valence-corrected chi connectivity index (χ1v) is 17.7. The Morgan fingerprint density at radius 3 is 1.43 bits per heavy atom. The van der Waals surface area contributed by atoms with Gasteiger partial charge in [0.2, 0.25) is 0 Å². The molecule has 8 nitrogen and oxygen atoms in total. The highest BCUT2D eigenvalue weighted by Crippen LogP contribution is 2.36. The van der Waals surface area contributed by atoms with Gasteiger partial charge in [-0.3, -0.25) is 9.98 Å². The van der Waals surface area contributed by atoms with Gasteiger partial charge >= 0.3 is 12.7 Å². The van der Waals surface area contributed by atoms with Crippen molar-refractivity contribution in [1.29, 1.82) is 0 Å². The largest absolute Gasteiger partial charge is 0.573 e. The van der Waals surface area contributed by atoms with E-state index in [9.17, 15) is 40.2 Å². The van der Waals surface area contributed by atoms with Crippen molar-refractivity contribution in [3.8, 4) is 11.5 Å². The normalized spacial score (nSPS) is 16.9. The molecule has 288 valence electrons. The summed E-state index contributed by atoms with van der Waals surface area (Å²) in [7, 11) is 0. The molecule has 4 aromatic rings. The first-order valence-electron chi connectivity index (χ1n) is 16.1. The molecule has 6 rings (SSSR count). The highest BCUT2D eigenvalue weighted by atomic mass is 79.9. The van der Waals surface area contributed by atoms with Crippen molar-refractivity contribution in [2.45, 2.75) is 36.7 Å². The van der Waals surface area contributed by atoms with Gasteiger partial charge in [0.25, 0.3) is 0 Å². The number of amidine groups is 2. The van der Waals surface area contributed by atoms with Crippen LogP contribution < -0.4 is 25.8 Å². The number of nitrogens with one attached hydrogen (secondary N) is 2. The van der Waals surface area contributed by atoms with Gasteiger partial charge < -0.3 is 30.9 Å². The number of rotatable bonds is 8. The minimum atomic E-state index is -4.81. The number of halogens is 10. The van der Waals surface area contributed by atoms with Crippen LogP contribution in [0.4, 0.5) is 35.1 Å². The Hall–Kier alpha value is -4.26. The SMILES string of the molecule is NC(C1=NCCCN1)(c1ccc(OC(F)(F)F)cc1)c1ccc(F)c(Br)c1.OC(C1=NCCCN1)(c1ccc(OC(F)(F)F)cc1)c1ccc(F)c(Br)c1. The number of hydrogen-bond acceptors (Lipinski definition) is 8. The molecule has 0 saturated heterocycles. The molecule has 0 amide bonds. The maximum absolute atomic E-state index is 13.7. The maximum Gasteiger partial charge on any atom is 0.573 e. The Bertz CT molecular complexity index is 1850. The van der Waals surface area contributed by atoms with Crippen molar-refractivity contribution >= 4 is 43.5 Å². The summed E-state index contributed by atoms with van der Waals surface area (Å²) >= 11 is 6.23. The lowest BCUT2D eigenvalue weighted by molar-refractivity contribution is -0.275. The van der Waals surface area contributed by atoms with E-state index in [-0.39, 0.29) is 26.1 Å². The van der Waals surface area contributed by atoms with Crippen molar-refractivity contribution < 1.29 is 49.7 Å². The molecular formula is C36H31Br2F8N5O3. The first-order chi connectivity index (χ1) is 25.4. The Balaban J connectivity index is 0.000000208. The Labute approximate surface area is 320 Å². The predicted octanol–water partition coefficient (Wildman–Crippen LogP) is 8.20. The summed E-state index contributed by atoms with van der Waals surface area (Å²) in [6, 6.07) is 18.4. The van der Waals surface area contributed by atoms with Gasteiger partial charge in [0.15, 0.2) is 5.60 Å². The molecule has 2 aliphatic heterocycles. The molecule has 0 radical (unpaired) electrons.